The molecule has 0 radical (unpaired) electrons. The predicted octanol–water partition coefficient (Wildman–Crippen LogP) is 1.12. The molecule has 0 aliphatic rings. The molecule has 2 N–H and O–H groups in total. The molecule has 18 heavy (non-hydrogen) atoms. The van der Waals surface area contributed by atoms with Crippen LogP contribution in [0.4, 0.5) is 0 Å². The number of benzene rings is 1. The first kappa shape index (κ1) is 14.7. The van der Waals surface area contributed by atoms with Gasteiger partial charge in [0.25, 0.3) is 5.91 Å². The highest BCUT2D eigenvalue weighted by Crippen LogP contribution is 2.10. The summed E-state index contributed by atoms with van der Waals surface area (Å²) >= 11 is 0. The van der Waals surface area contributed by atoms with Gasteiger partial charge in [-0.25, -0.2) is 13.1 Å². The van der Waals surface area contributed by atoms with E-state index < -0.39 is 10.0 Å². The van der Waals surface area contributed by atoms with E-state index >= 15 is 0 Å². The van der Waals surface area contributed by atoms with Crippen LogP contribution in [0, 0.1) is 0 Å². The summed E-state index contributed by atoms with van der Waals surface area (Å²) in [5, 5.41) is 2.74. The zero-order chi connectivity index (χ0) is 13.8. The Kier molecular flexibility index (Phi) is 4.86. The monoisotopic (exact) mass is 270 g/mol. The molecular weight excluding hydrogens is 252 g/mol. The topological polar surface area (TPSA) is 75.3 Å². The standard InChI is InChI=1S/C12H18N2O3S/c1-4-13-18(16,17)11-7-5-10(6-8-11)12(15)14-9(2)3/h5-9,13H,4H2,1-3H3,(H,14,15). The first-order chi connectivity index (χ1) is 8.36. The molecule has 0 spiro atoms. The molecule has 1 amide bonds. The van der Waals surface area contributed by atoms with Crippen molar-refractivity contribution in [1.29, 1.82) is 0 Å². The van der Waals surface area contributed by atoms with Crippen molar-refractivity contribution in [2.24, 2.45) is 0 Å². The molecule has 0 bridgehead atoms. The van der Waals surface area contributed by atoms with Gasteiger partial charge in [0.15, 0.2) is 0 Å². The molecule has 0 aromatic heterocycles. The van der Waals surface area contributed by atoms with Crippen LogP contribution < -0.4 is 10.0 Å². The first-order valence-electron chi connectivity index (χ1n) is 5.77. The average molecular weight is 270 g/mol. The molecule has 0 fully saturated rings. The number of nitrogens with one attached hydrogen (secondary N) is 2. The fourth-order valence-electron chi connectivity index (χ4n) is 1.40. The van der Waals surface area contributed by atoms with Crippen molar-refractivity contribution in [3.63, 3.8) is 0 Å². The van der Waals surface area contributed by atoms with Gasteiger partial charge in [0.1, 0.15) is 0 Å². The Balaban J connectivity index is 2.90. The normalized spacial score (nSPS) is 11.6. The number of hydrogen-bond acceptors (Lipinski definition) is 3. The highest BCUT2D eigenvalue weighted by Gasteiger charge is 2.13. The average Bonchev–Trinajstić information content (AvgIpc) is 2.28. The van der Waals surface area contributed by atoms with Crippen molar-refractivity contribution in [3.05, 3.63) is 29.8 Å². The molecule has 0 unspecified atom stereocenters. The maximum atomic E-state index is 11.7. The van der Waals surface area contributed by atoms with Gasteiger partial charge in [-0.3, -0.25) is 4.79 Å². The summed E-state index contributed by atoms with van der Waals surface area (Å²) in [7, 11) is -3.46. The van der Waals surface area contributed by atoms with Crippen molar-refractivity contribution in [3.8, 4) is 0 Å². The van der Waals surface area contributed by atoms with Gasteiger partial charge in [-0.1, -0.05) is 6.92 Å². The second-order valence-corrected chi connectivity index (χ2v) is 5.92. The number of carbonyl (C=O) groups is 1. The minimum absolute atomic E-state index is 0.0441. The van der Waals surface area contributed by atoms with Crippen LogP contribution in [-0.4, -0.2) is 26.9 Å². The van der Waals surface area contributed by atoms with E-state index in [9.17, 15) is 13.2 Å². The highest BCUT2D eigenvalue weighted by molar-refractivity contribution is 7.89. The summed E-state index contributed by atoms with van der Waals surface area (Å²) in [6, 6.07) is 5.90. The van der Waals surface area contributed by atoms with Gasteiger partial charge < -0.3 is 5.32 Å². The van der Waals surface area contributed by atoms with Crippen LogP contribution in [0.1, 0.15) is 31.1 Å². The minimum Gasteiger partial charge on any atom is -0.350 e. The molecule has 0 saturated carbocycles. The number of amides is 1. The quantitative estimate of drug-likeness (QED) is 0.842. The lowest BCUT2D eigenvalue weighted by Crippen LogP contribution is -2.30. The van der Waals surface area contributed by atoms with E-state index in [0.717, 1.165) is 0 Å². The van der Waals surface area contributed by atoms with E-state index in [4.69, 9.17) is 0 Å². The fraction of sp³-hybridized carbons (Fsp3) is 0.417. The zero-order valence-corrected chi connectivity index (χ0v) is 11.5. The lowest BCUT2D eigenvalue weighted by molar-refractivity contribution is 0.0943. The van der Waals surface area contributed by atoms with E-state index in [0.29, 0.717) is 12.1 Å². The summed E-state index contributed by atoms with van der Waals surface area (Å²) < 4.78 is 25.7. The number of rotatable bonds is 5. The molecule has 0 saturated heterocycles. The zero-order valence-electron chi connectivity index (χ0n) is 10.7. The van der Waals surface area contributed by atoms with Gasteiger partial charge in [0, 0.05) is 18.2 Å². The molecule has 1 aromatic carbocycles. The van der Waals surface area contributed by atoms with E-state index in [1.54, 1.807) is 6.92 Å². The van der Waals surface area contributed by atoms with Gasteiger partial charge in [0.2, 0.25) is 10.0 Å². The lowest BCUT2D eigenvalue weighted by Gasteiger charge is -2.09. The smallest absolute Gasteiger partial charge is 0.251 e. The second-order valence-electron chi connectivity index (χ2n) is 4.15. The molecule has 0 aliphatic heterocycles. The molecule has 0 aliphatic carbocycles. The van der Waals surface area contributed by atoms with Gasteiger partial charge in [-0.2, -0.15) is 0 Å². The molecule has 1 rings (SSSR count). The van der Waals surface area contributed by atoms with E-state index in [1.807, 2.05) is 13.8 Å². The van der Waals surface area contributed by atoms with Crippen LogP contribution in [0.2, 0.25) is 0 Å². The van der Waals surface area contributed by atoms with Crippen LogP contribution in [0.15, 0.2) is 29.2 Å². The maximum Gasteiger partial charge on any atom is 0.251 e. The summed E-state index contributed by atoms with van der Waals surface area (Å²) in [4.78, 5) is 11.8. The summed E-state index contributed by atoms with van der Waals surface area (Å²) in [5.41, 5.74) is 0.444. The molecule has 0 heterocycles. The van der Waals surface area contributed by atoms with E-state index in [-0.39, 0.29) is 16.8 Å². The number of carbonyl (C=O) groups excluding carboxylic acids is 1. The van der Waals surface area contributed by atoms with Gasteiger partial charge in [-0.05, 0) is 38.1 Å². The SMILES string of the molecule is CCNS(=O)(=O)c1ccc(C(=O)NC(C)C)cc1. The van der Waals surface area contributed by atoms with Crippen molar-refractivity contribution < 1.29 is 13.2 Å². The summed E-state index contributed by atoms with van der Waals surface area (Å²) in [6.45, 7) is 5.77. The van der Waals surface area contributed by atoms with Crippen LogP contribution in [0.3, 0.4) is 0 Å². The Morgan fingerprint density at radius 1 is 1.22 bits per heavy atom. The van der Waals surface area contributed by atoms with Crippen LogP contribution >= 0.6 is 0 Å². The lowest BCUT2D eigenvalue weighted by atomic mass is 10.2. The van der Waals surface area contributed by atoms with Crippen molar-refractivity contribution in [2.45, 2.75) is 31.7 Å². The Labute approximate surface area is 108 Å². The molecule has 5 nitrogen and oxygen atoms in total. The Bertz CT molecular complexity index is 507. The van der Waals surface area contributed by atoms with E-state index in [1.165, 1.54) is 24.3 Å². The van der Waals surface area contributed by atoms with Crippen LogP contribution in [0.5, 0.6) is 0 Å². The number of sulfonamides is 1. The van der Waals surface area contributed by atoms with Crippen LogP contribution in [0.25, 0.3) is 0 Å². The molecule has 1 aromatic rings. The maximum absolute atomic E-state index is 11.7. The number of hydrogen-bond donors (Lipinski definition) is 2. The largest absolute Gasteiger partial charge is 0.350 e. The summed E-state index contributed by atoms with van der Waals surface area (Å²) in [5.74, 6) is -0.211. The third kappa shape index (κ3) is 3.82. The van der Waals surface area contributed by atoms with Crippen molar-refractivity contribution >= 4 is 15.9 Å². The van der Waals surface area contributed by atoms with Gasteiger partial charge in [0.05, 0.1) is 4.90 Å². The van der Waals surface area contributed by atoms with E-state index in [2.05, 4.69) is 10.0 Å². The molecule has 0 atom stereocenters. The van der Waals surface area contributed by atoms with Gasteiger partial charge >= 0.3 is 0 Å². The van der Waals surface area contributed by atoms with Crippen molar-refractivity contribution in [2.75, 3.05) is 6.54 Å². The van der Waals surface area contributed by atoms with Crippen LogP contribution in [-0.2, 0) is 10.0 Å². The third-order valence-corrected chi connectivity index (χ3v) is 3.74. The predicted molar refractivity (Wildman–Crippen MR) is 69.9 cm³/mol. The fourth-order valence-corrected chi connectivity index (χ4v) is 2.45. The molecule has 6 heteroatoms. The first-order valence-corrected chi connectivity index (χ1v) is 7.25. The Hall–Kier alpha value is -1.40. The van der Waals surface area contributed by atoms with Crippen molar-refractivity contribution in [1.82, 2.24) is 10.0 Å². The third-order valence-electron chi connectivity index (χ3n) is 2.18. The second kappa shape index (κ2) is 5.97. The van der Waals surface area contributed by atoms with Gasteiger partial charge in [-0.15, -0.1) is 0 Å². The Morgan fingerprint density at radius 2 is 1.78 bits per heavy atom. The highest BCUT2D eigenvalue weighted by atomic mass is 32.2. The Morgan fingerprint density at radius 3 is 2.22 bits per heavy atom. The minimum atomic E-state index is -3.46. The molecular formula is C12H18N2O3S. The molecule has 100 valence electrons. The summed E-state index contributed by atoms with van der Waals surface area (Å²) in [6.07, 6.45) is 0.